The fourth-order valence-electron chi connectivity index (χ4n) is 1.81. The molecule has 0 spiro atoms. The molecule has 1 aromatic carbocycles. The third kappa shape index (κ3) is 2.29. The van der Waals surface area contributed by atoms with Gasteiger partial charge in [-0.2, -0.15) is 0 Å². The van der Waals surface area contributed by atoms with Crippen molar-refractivity contribution < 1.29 is 9.47 Å². The van der Waals surface area contributed by atoms with Crippen LogP contribution in [0.2, 0.25) is 5.02 Å². The first-order valence-corrected chi connectivity index (χ1v) is 6.03. The van der Waals surface area contributed by atoms with E-state index >= 15 is 0 Å². The average Bonchev–Trinajstić information content (AvgIpc) is 2.21. The minimum absolute atomic E-state index is 0.00714. The smallest absolute Gasteiger partial charge is 0.138 e. The molecule has 0 radical (unpaired) electrons. The second-order valence-corrected chi connectivity index (χ2v) is 5.01. The van der Waals surface area contributed by atoms with E-state index in [1.165, 1.54) is 0 Å². The van der Waals surface area contributed by atoms with Crippen LogP contribution in [0, 0.1) is 6.92 Å². The molecular weight excluding hydrogens is 247 g/mol. The van der Waals surface area contributed by atoms with Crippen molar-refractivity contribution in [1.29, 1.82) is 0 Å². The largest absolute Gasteiger partial charge is 0.486 e. The summed E-state index contributed by atoms with van der Waals surface area (Å²) in [6.07, 6.45) is 0.760. The lowest BCUT2D eigenvalue weighted by molar-refractivity contribution is -0.0583. The quantitative estimate of drug-likeness (QED) is 0.776. The Morgan fingerprint density at radius 2 is 2.12 bits per heavy atom. The molecule has 3 unspecified atom stereocenters. The molecule has 1 aromatic rings. The van der Waals surface area contributed by atoms with Gasteiger partial charge in [0.15, 0.2) is 0 Å². The molecule has 2 nitrogen and oxygen atoms in total. The number of methoxy groups -OCH3 is 1. The predicted octanol–water partition coefficient (Wildman–Crippen LogP) is 3.42. The van der Waals surface area contributed by atoms with Gasteiger partial charge in [0.2, 0.25) is 0 Å². The lowest BCUT2D eigenvalue weighted by atomic mass is 9.91. The van der Waals surface area contributed by atoms with E-state index in [1.54, 1.807) is 7.11 Å². The van der Waals surface area contributed by atoms with Crippen molar-refractivity contribution in [2.45, 2.75) is 30.9 Å². The molecule has 0 heterocycles. The number of ether oxygens (including phenoxy) is 2. The summed E-state index contributed by atoms with van der Waals surface area (Å²) in [6, 6.07) is 5.74. The van der Waals surface area contributed by atoms with Gasteiger partial charge in [0.05, 0.1) is 10.4 Å². The van der Waals surface area contributed by atoms with Crippen LogP contribution in [0.15, 0.2) is 18.2 Å². The van der Waals surface area contributed by atoms with Gasteiger partial charge in [0.1, 0.15) is 18.0 Å². The molecule has 0 N–H and O–H groups in total. The zero-order chi connectivity index (χ0) is 11.7. The van der Waals surface area contributed by atoms with Crippen LogP contribution in [0.4, 0.5) is 0 Å². The molecule has 0 saturated heterocycles. The number of aryl methyl sites for hydroxylation is 1. The van der Waals surface area contributed by atoms with Gasteiger partial charge in [-0.05, 0) is 24.6 Å². The van der Waals surface area contributed by atoms with E-state index in [0.717, 1.165) is 12.0 Å². The zero-order valence-corrected chi connectivity index (χ0v) is 10.8. The molecule has 0 aliphatic heterocycles. The second-order valence-electron chi connectivity index (χ2n) is 4.04. The van der Waals surface area contributed by atoms with E-state index < -0.39 is 0 Å². The molecule has 1 fully saturated rings. The molecule has 1 aliphatic carbocycles. The first kappa shape index (κ1) is 12.0. The van der Waals surface area contributed by atoms with Crippen LogP contribution < -0.4 is 4.74 Å². The molecule has 3 atom stereocenters. The molecule has 1 aliphatic rings. The van der Waals surface area contributed by atoms with Gasteiger partial charge in [-0.25, -0.2) is 0 Å². The summed E-state index contributed by atoms with van der Waals surface area (Å²) in [6.45, 7) is 1.99. The Labute approximate surface area is 105 Å². The summed E-state index contributed by atoms with van der Waals surface area (Å²) in [5.41, 5.74) is 1.12. The number of hydrogen-bond donors (Lipinski definition) is 0. The van der Waals surface area contributed by atoms with Crippen molar-refractivity contribution in [2.75, 3.05) is 7.11 Å². The van der Waals surface area contributed by atoms with E-state index in [1.807, 2.05) is 25.1 Å². The van der Waals surface area contributed by atoms with Gasteiger partial charge in [-0.1, -0.05) is 17.7 Å². The zero-order valence-electron chi connectivity index (χ0n) is 9.24. The summed E-state index contributed by atoms with van der Waals surface area (Å²) in [5.74, 6) is 0.697. The molecule has 1 saturated carbocycles. The maximum absolute atomic E-state index is 6.08. The summed E-state index contributed by atoms with van der Waals surface area (Å²) < 4.78 is 11.0. The SMILES string of the molecule is COC1C(Cl)CC1Oc1ccc(C)cc1Cl. The summed E-state index contributed by atoms with van der Waals surface area (Å²) in [5, 5.41) is 0.673. The number of halogens is 2. The maximum Gasteiger partial charge on any atom is 0.138 e. The van der Waals surface area contributed by atoms with Crippen LogP contribution in [0.25, 0.3) is 0 Å². The van der Waals surface area contributed by atoms with Crippen molar-refractivity contribution in [2.24, 2.45) is 0 Å². The molecule has 0 aromatic heterocycles. The highest BCUT2D eigenvalue weighted by molar-refractivity contribution is 6.32. The van der Waals surface area contributed by atoms with Crippen LogP contribution in [-0.4, -0.2) is 24.7 Å². The Kier molecular flexibility index (Phi) is 3.63. The van der Waals surface area contributed by atoms with Crippen LogP contribution in [0.1, 0.15) is 12.0 Å². The molecular formula is C12H14Cl2O2. The Morgan fingerprint density at radius 1 is 1.38 bits per heavy atom. The highest BCUT2D eigenvalue weighted by Crippen LogP contribution is 2.35. The third-order valence-electron chi connectivity index (χ3n) is 2.82. The lowest BCUT2D eigenvalue weighted by Gasteiger charge is -2.39. The van der Waals surface area contributed by atoms with Gasteiger partial charge in [-0.3, -0.25) is 0 Å². The molecule has 0 bridgehead atoms. The summed E-state index contributed by atoms with van der Waals surface area (Å²) in [4.78, 5) is 0. The fourth-order valence-corrected chi connectivity index (χ4v) is 2.53. The molecule has 0 amide bonds. The normalized spacial score (nSPS) is 28.6. The van der Waals surface area contributed by atoms with Crippen molar-refractivity contribution >= 4 is 23.2 Å². The van der Waals surface area contributed by atoms with Gasteiger partial charge >= 0.3 is 0 Å². The average molecular weight is 261 g/mol. The molecule has 16 heavy (non-hydrogen) atoms. The first-order valence-electron chi connectivity index (χ1n) is 5.21. The Hall–Kier alpha value is -0.440. The number of benzene rings is 1. The van der Waals surface area contributed by atoms with E-state index in [9.17, 15) is 0 Å². The van der Waals surface area contributed by atoms with Gasteiger partial charge in [0.25, 0.3) is 0 Å². The summed E-state index contributed by atoms with van der Waals surface area (Å²) >= 11 is 12.1. The van der Waals surface area contributed by atoms with Crippen molar-refractivity contribution in [3.8, 4) is 5.75 Å². The van der Waals surface area contributed by atoms with Crippen LogP contribution in [0.3, 0.4) is 0 Å². The Bertz CT molecular complexity index is 381. The maximum atomic E-state index is 6.08. The third-order valence-corrected chi connectivity index (χ3v) is 3.54. The lowest BCUT2D eigenvalue weighted by Crippen LogP contribution is -2.52. The molecule has 4 heteroatoms. The summed E-state index contributed by atoms with van der Waals surface area (Å²) in [7, 11) is 1.65. The van der Waals surface area contributed by atoms with Gasteiger partial charge in [-0.15, -0.1) is 11.6 Å². The van der Waals surface area contributed by atoms with E-state index in [-0.39, 0.29) is 17.6 Å². The van der Waals surface area contributed by atoms with Crippen molar-refractivity contribution in [3.63, 3.8) is 0 Å². The predicted molar refractivity (Wildman–Crippen MR) is 65.7 cm³/mol. The van der Waals surface area contributed by atoms with Crippen LogP contribution in [0.5, 0.6) is 5.75 Å². The van der Waals surface area contributed by atoms with E-state index in [0.29, 0.717) is 10.8 Å². The van der Waals surface area contributed by atoms with Crippen molar-refractivity contribution in [1.82, 2.24) is 0 Å². The van der Waals surface area contributed by atoms with E-state index in [4.69, 9.17) is 32.7 Å². The van der Waals surface area contributed by atoms with Gasteiger partial charge < -0.3 is 9.47 Å². The Morgan fingerprint density at radius 3 is 2.69 bits per heavy atom. The number of hydrogen-bond acceptors (Lipinski definition) is 2. The number of alkyl halides is 1. The molecule has 2 rings (SSSR count). The highest BCUT2D eigenvalue weighted by Gasteiger charge is 2.42. The standard InChI is InChI=1S/C12H14Cl2O2/c1-7-3-4-10(8(13)5-7)16-11-6-9(14)12(11)15-2/h3-5,9,11-12H,6H2,1-2H3. The topological polar surface area (TPSA) is 18.5 Å². The minimum Gasteiger partial charge on any atom is -0.486 e. The van der Waals surface area contributed by atoms with Crippen LogP contribution in [-0.2, 0) is 4.74 Å². The van der Waals surface area contributed by atoms with Gasteiger partial charge in [0, 0.05) is 13.5 Å². The van der Waals surface area contributed by atoms with Crippen molar-refractivity contribution in [3.05, 3.63) is 28.8 Å². The van der Waals surface area contributed by atoms with Crippen LogP contribution >= 0.6 is 23.2 Å². The second kappa shape index (κ2) is 4.82. The fraction of sp³-hybridized carbons (Fsp3) is 0.500. The first-order chi connectivity index (χ1) is 7.61. The highest BCUT2D eigenvalue weighted by atomic mass is 35.5. The molecule has 88 valence electrons. The monoisotopic (exact) mass is 260 g/mol. The number of rotatable bonds is 3. The Balaban J connectivity index is 2.04. The van der Waals surface area contributed by atoms with E-state index in [2.05, 4.69) is 0 Å². The minimum atomic E-state index is -0.0426.